The van der Waals surface area contributed by atoms with E-state index in [2.05, 4.69) is 16.8 Å². The zero-order chi connectivity index (χ0) is 8.10. The van der Waals surface area contributed by atoms with Crippen molar-refractivity contribution in [1.29, 1.82) is 0 Å². The predicted octanol–water partition coefficient (Wildman–Crippen LogP) is 0.531. The minimum Gasteiger partial charge on any atom is -0.320 e. The van der Waals surface area contributed by atoms with Crippen LogP contribution in [-0.4, -0.2) is 11.5 Å². The fourth-order valence-electron chi connectivity index (χ4n) is 0.633. The van der Waals surface area contributed by atoms with E-state index >= 15 is 0 Å². The first-order chi connectivity index (χ1) is 5.33. The third kappa shape index (κ3) is 2.36. The Bertz CT molecular complexity index is 298. The van der Waals surface area contributed by atoms with Gasteiger partial charge in [0.1, 0.15) is 0 Å². The molecule has 0 atom stereocenters. The van der Waals surface area contributed by atoms with Crippen LogP contribution >= 0.6 is 0 Å². The second-order valence-electron chi connectivity index (χ2n) is 1.87. The Morgan fingerprint density at radius 1 is 1.64 bits per heavy atom. The van der Waals surface area contributed by atoms with Crippen LogP contribution in [0.25, 0.3) is 0 Å². The number of aromatic nitrogens is 1. The smallest absolute Gasteiger partial charge is 0.214 e. The van der Waals surface area contributed by atoms with Crippen molar-refractivity contribution < 1.29 is 4.39 Å². The predicted molar refractivity (Wildman–Crippen MR) is 40.1 cm³/mol. The molecule has 1 aromatic heterocycles. The topological polar surface area (TPSA) is 38.9 Å². The maximum absolute atomic E-state index is 12.4. The first-order valence-corrected chi connectivity index (χ1v) is 3.13. The van der Waals surface area contributed by atoms with Crippen LogP contribution < -0.4 is 5.73 Å². The van der Waals surface area contributed by atoms with Crippen molar-refractivity contribution in [1.82, 2.24) is 4.98 Å². The Morgan fingerprint density at radius 2 is 2.45 bits per heavy atom. The molecule has 1 heterocycles. The number of nitrogens with zero attached hydrogens (tertiary/aromatic N) is 1. The maximum Gasteiger partial charge on any atom is 0.214 e. The third-order valence-corrected chi connectivity index (χ3v) is 1.06. The Kier molecular flexibility index (Phi) is 2.59. The minimum atomic E-state index is -0.520. The van der Waals surface area contributed by atoms with E-state index in [-0.39, 0.29) is 6.54 Å². The number of nitrogens with two attached hydrogens (primary N) is 1. The molecule has 0 amide bonds. The highest BCUT2D eigenvalue weighted by molar-refractivity contribution is 5.32. The van der Waals surface area contributed by atoms with Gasteiger partial charge in [0.25, 0.3) is 0 Å². The molecular formula is C8H7FN2. The fraction of sp³-hybridized carbons (Fsp3) is 0.125. The van der Waals surface area contributed by atoms with Crippen molar-refractivity contribution in [3.05, 3.63) is 29.8 Å². The Balaban J connectivity index is 2.87. The molecule has 0 unspecified atom stereocenters. The van der Waals surface area contributed by atoms with Gasteiger partial charge >= 0.3 is 0 Å². The van der Waals surface area contributed by atoms with Crippen LogP contribution in [0.1, 0.15) is 5.56 Å². The monoisotopic (exact) mass is 150 g/mol. The SMILES string of the molecule is NCC#Cc1ccnc(F)c1. The van der Waals surface area contributed by atoms with Crippen molar-refractivity contribution in [2.45, 2.75) is 0 Å². The summed E-state index contributed by atoms with van der Waals surface area (Å²) in [5, 5.41) is 0. The van der Waals surface area contributed by atoms with Crippen LogP contribution in [0.5, 0.6) is 0 Å². The van der Waals surface area contributed by atoms with E-state index in [0.717, 1.165) is 0 Å². The van der Waals surface area contributed by atoms with Gasteiger partial charge in [-0.15, -0.1) is 0 Å². The van der Waals surface area contributed by atoms with Gasteiger partial charge in [-0.1, -0.05) is 11.8 Å². The quantitative estimate of drug-likeness (QED) is 0.433. The lowest BCUT2D eigenvalue weighted by Crippen LogP contribution is -1.93. The average Bonchev–Trinajstić information content (AvgIpc) is 2.01. The van der Waals surface area contributed by atoms with Crippen molar-refractivity contribution in [2.75, 3.05) is 6.54 Å². The van der Waals surface area contributed by atoms with Crippen molar-refractivity contribution in [2.24, 2.45) is 5.73 Å². The molecule has 1 aromatic rings. The molecular weight excluding hydrogens is 143 g/mol. The molecule has 0 aliphatic carbocycles. The molecule has 11 heavy (non-hydrogen) atoms. The van der Waals surface area contributed by atoms with Gasteiger partial charge in [-0.3, -0.25) is 0 Å². The summed E-state index contributed by atoms with van der Waals surface area (Å²) in [6, 6.07) is 2.90. The standard InChI is InChI=1S/C8H7FN2/c9-8-6-7(2-1-4-10)3-5-11-8/h3,5-6H,4,10H2. The number of hydrogen-bond donors (Lipinski definition) is 1. The van der Waals surface area contributed by atoms with Crippen molar-refractivity contribution in [3.8, 4) is 11.8 Å². The summed E-state index contributed by atoms with van der Waals surface area (Å²) in [6.07, 6.45) is 1.37. The minimum absolute atomic E-state index is 0.282. The van der Waals surface area contributed by atoms with Crippen molar-refractivity contribution in [3.63, 3.8) is 0 Å². The third-order valence-electron chi connectivity index (χ3n) is 1.06. The maximum atomic E-state index is 12.4. The normalized spacial score (nSPS) is 8.55. The molecule has 56 valence electrons. The zero-order valence-corrected chi connectivity index (χ0v) is 5.84. The largest absolute Gasteiger partial charge is 0.320 e. The van der Waals surface area contributed by atoms with Crippen LogP contribution in [0.15, 0.2) is 18.3 Å². The summed E-state index contributed by atoms with van der Waals surface area (Å²) in [5.74, 6) is 4.79. The summed E-state index contributed by atoms with van der Waals surface area (Å²) in [6.45, 7) is 0.282. The molecule has 2 nitrogen and oxygen atoms in total. The van der Waals surface area contributed by atoms with Crippen LogP contribution in [0.2, 0.25) is 0 Å². The molecule has 0 fully saturated rings. The van der Waals surface area contributed by atoms with Gasteiger partial charge in [0, 0.05) is 17.8 Å². The molecule has 2 N–H and O–H groups in total. The van der Waals surface area contributed by atoms with Crippen LogP contribution in [-0.2, 0) is 0 Å². The number of halogens is 1. The lowest BCUT2D eigenvalue weighted by atomic mass is 10.3. The number of pyridine rings is 1. The Morgan fingerprint density at radius 3 is 3.09 bits per heavy atom. The second-order valence-corrected chi connectivity index (χ2v) is 1.87. The summed E-state index contributed by atoms with van der Waals surface area (Å²) >= 11 is 0. The molecule has 0 aromatic carbocycles. The fourth-order valence-corrected chi connectivity index (χ4v) is 0.633. The lowest BCUT2D eigenvalue weighted by molar-refractivity contribution is 0.583. The van der Waals surface area contributed by atoms with Gasteiger partial charge in [-0.2, -0.15) is 4.39 Å². The van der Waals surface area contributed by atoms with Gasteiger partial charge in [0.15, 0.2) is 0 Å². The molecule has 0 saturated heterocycles. The van der Waals surface area contributed by atoms with Gasteiger partial charge in [0.2, 0.25) is 5.95 Å². The first-order valence-electron chi connectivity index (χ1n) is 3.13. The van der Waals surface area contributed by atoms with Gasteiger partial charge in [-0.25, -0.2) is 4.98 Å². The number of rotatable bonds is 0. The summed E-state index contributed by atoms with van der Waals surface area (Å²) < 4.78 is 12.4. The van der Waals surface area contributed by atoms with Gasteiger partial charge in [-0.05, 0) is 6.07 Å². The molecule has 3 heteroatoms. The summed E-state index contributed by atoms with van der Waals surface area (Å²) in [4.78, 5) is 3.38. The van der Waals surface area contributed by atoms with E-state index in [1.807, 2.05) is 0 Å². The highest BCUT2D eigenvalue weighted by atomic mass is 19.1. The number of hydrogen-bond acceptors (Lipinski definition) is 2. The molecule has 0 saturated carbocycles. The molecule has 0 spiro atoms. The van der Waals surface area contributed by atoms with Gasteiger partial charge in [0.05, 0.1) is 6.54 Å². The molecule has 1 rings (SSSR count). The summed E-state index contributed by atoms with van der Waals surface area (Å²) in [7, 11) is 0. The van der Waals surface area contributed by atoms with Crippen LogP contribution in [0.4, 0.5) is 4.39 Å². The highest BCUT2D eigenvalue weighted by Crippen LogP contribution is 1.96. The van der Waals surface area contributed by atoms with E-state index in [9.17, 15) is 4.39 Å². The van der Waals surface area contributed by atoms with E-state index in [0.29, 0.717) is 5.56 Å². The zero-order valence-electron chi connectivity index (χ0n) is 5.84. The highest BCUT2D eigenvalue weighted by Gasteiger charge is 1.89. The van der Waals surface area contributed by atoms with Crippen LogP contribution in [0.3, 0.4) is 0 Å². The van der Waals surface area contributed by atoms with E-state index in [1.54, 1.807) is 6.07 Å². The molecule has 0 radical (unpaired) electrons. The molecule has 0 bridgehead atoms. The molecule has 0 aliphatic heterocycles. The Hall–Kier alpha value is -1.40. The van der Waals surface area contributed by atoms with Gasteiger partial charge < -0.3 is 5.73 Å². The molecule has 0 aliphatic rings. The van der Waals surface area contributed by atoms with E-state index < -0.39 is 5.95 Å². The second kappa shape index (κ2) is 3.69. The Labute approximate surface area is 64.3 Å². The average molecular weight is 150 g/mol. The van der Waals surface area contributed by atoms with E-state index in [4.69, 9.17) is 5.73 Å². The first kappa shape index (κ1) is 7.70. The summed E-state index contributed by atoms with van der Waals surface area (Å²) in [5.41, 5.74) is 5.73. The van der Waals surface area contributed by atoms with E-state index in [1.165, 1.54) is 12.3 Å². The van der Waals surface area contributed by atoms with Crippen molar-refractivity contribution >= 4 is 0 Å². The van der Waals surface area contributed by atoms with Crippen LogP contribution in [0, 0.1) is 17.8 Å². The lowest BCUT2D eigenvalue weighted by Gasteiger charge is -1.87.